The van der Waals surface area contributed by atoms with Crippen molar-refractivity contribution in [1.82, 2.24) is 9.97 Å². The van der Waals surface area contributed by atoms with Crippen molar-refractivity contribution in [3.05, 3.63) is 71.0 Å². The molecular formula is C44H69N5O4Si. The number of carbonyl (C=O) groups is 1. The highest BCUT2D eigenvalue weighted by Crippen LogP contribution is 2.27. The van der Waals surface area contributed by atoms with Crippen molar-refractivity contribution in [1.29, 1.82) is 0 Å². The van der Waals surface area contributed by atoms with Crippen molar-refractivity contribution in [3.63, 3.8) is 0 Å². The molecule has 0 bridgehead atoms. The second kappa shape index (κ2) is 24.7. The minimum absolute atomic E-state index is 0.0329. The number of nitrogens with one attached hydrogen (secondary N) is 2. The lowest BCUT2D eigenvalue weighted by Crippen LogP contribution is -2.61. The van der Waals surface area contributed by atoms with E-state index in [0.29, 0.717) is 44.2 Å². The van der Waals surface area contributed by atoms with Gasteiger partial charge in [-0.1, -0.05) is 177 Å². The van der Waals surface area contributed by atoms with Crippen LogP contribution in [0.15, 0.2) is 65.5 Å². The Morgan fingerprint density at radius 2 is 1.33 bits per heavy atom. The van der Waals surface area contributed by atoms with Crippen LogP contribution in [0.25, 0.3) is 0 Å². The number of nitrogen functional groups attached to an aromatic ring is 1. The molecule has 0 spiro atoms. The number of benzene rings is 2. The van der Waals surface area contributed by atoms with E-state index >= 15 is 0 Å². The molecule has 3 aromatic rings. The van der Waals surface area contributed by atoms with Gasteiger partial charge >= 0.3 is 5.97 Å². The Morgan fingerprint density at radius 3 is 1.89 bits per heavy atom. The minimum Gasteiger partial charge on any atom is -0.465 e. The number of carbonyl (C=O) groups excluding carboxylic acids is 1. The van der Waals surface area contributed by atoms with E-state index in [1.807, 2.05) is 4.90 Å². The quantitative estimate of drug-likeness (QED) is 0.0365. The fourth-order valence-corrected chi connectivity index (χ4v) is 11.8. The van der Waals surface area contributed by atoms with Gasteiger partial charge in [-0.2, -0.15) is 4.98 Å². The number of aromatic nitrogens is 2. The number of ether oxygens (including phenoxy) is 1. The zero-order valence-electron chi connectivity index (χ0n) is 33.4. The summed E-state index contributed by atoms with van der Waals surface area (Å²) in [6.07, 6.45) is 22.7. The molecule has 54 heavy (non-hydrogen) atoms. The molecule has 4 N–H and O–H groups in total. The van der Waals surface area contributed by atoms with Crippen molar-refractivity contribution in [2.24, 2.45) is 5.92 Å². The molecular weight excluding hydrogens is 691 g/mol. The van der Waals surface area contributed by atoms with E-state index in [9.17, 15) is 9.59 Å². The van der Waals surface area contributed by atoms with Gasteiger partial charge in [-0.05, 0) is 29.3 Å². The second-order valence-electron chi connectivity index (χ2n) is 15.3. The van der Waals surface area contributed by atoms with Crippen molar-refractivity contribution in [3.8, 4) is 0 Å². The van der Waals surface area contributed by atoms with Gasteiger partial charge in [-0.25, -0.2) is 0 Å². The second-order valence-corrected chi connectivity index (χ2v) is 18.9. The van der Waals surface area contributed by atoms with E-state index in [-0.39, 0.29) is 30.0 Å². The Labute approximate surface area is 326 Å². The number of nitrogens with zero attached hydrogens (tertiary/aromatic N) is 2. The summed E-state index contributed by atoms with van der Waals surface area (Å²) in [7, 11) is -2.55. The SMILES string of the molecule is CCCCCCCCCCCCCCCCCC(=O)OCC(CCO[Si](CCCC)(c1ccccc1)c1ccccc1)CN1CNc2c1nc(N)[nH]c2=O. The van der Waals surface area contributed by atoms with Gasteiger partial charge < -0.3 is 25.1 Å². The normalized spacial score (nSPS) is 13.1. The topological polar surface area (TPSA) is 123 Å². The van der Waals surface area contributed by atoms with Crippen LogP contribution in [0, 0.1) is 5.92 Å². The average molecular weight is 760 g/mol. The lowest BCUT2D eigenvalue weighted by molar-refractivity contribution is -0.145. The number of unbranched alkanes of at least 4 members (excludes halogenated alkanes) is 15. The van der Waals surface area contributed by atoms with Crippen LogP contribution in [0.4, 0.5) is 17.5 Å². The summed E-state index contributed by atoms with van der Waals surface area (Å²) in [4.78, 5) is 34.6. The number of anilines is 3. The van der Waals surface area contributed by atoms with Crippen LogP contribution >= 0.6 is 0 Å². The highest BCUT2D eigenvalue weighted by molar-refractivity contribution is 6.97. The molecule has 1 atom stereocenters. The monoisotopic (exact) mass is 760 g/mol. The number of esters is 1. The molecule has 2 heterocycles. The number of rotatable bonds is 29. The first-order chi connectivity index (χ1) is 26.5. The third-order valence-electron chi connectivity index (χ3n) is 10.8. The molecule has 0 saturated carbocycles. The van der Waals surface area contributed by atoms with Gasteiger partial charge in [0.1, 0.15) is 5.69 Å². The van der Waals surface area contributed by atoms with E-state index in [1.165, 1.54) is 93.8 Å². The Morgan fingerprint density at radius 1 is 0.796 bits per heavy atom. The highest BCUT2D eigenvalue weighted by atomic mass is 28.4. The van der Waals surface area contributed by atoms with Crippen LogP contribution in [0.1, 0.15) is 136 Å². The average Bonchev–Trinajstić information content (AvgIpc) is 3.59. The van der Waals surface area contributed by atoms with Gasteiger partial charge in [0.25, 0.3) is 13.9 Å². The van der Waals surface area contributed by atoms with Crippen molar-refractivity contribution < 1.29 is 14.0 Å². The summed E-state index contributed by atoms with van der Waals surface area (Å²) in [5.74, 6) is 0.440. The molecule has 298 valence electrons. The molecule has 1 aliphatic rings. The number of H-pyrrole nitrogens is 1. The van der Waals surface area contributed by atoms with E-state index in [0.717, 1.165) is 31.7 Å². The molecule has 0 amide bonds. The predicted octanol–water partition coefficient (Wildman–Crippen LogP) is 8.93. The van der Waals surface area contributed by atoms with Crippen LogP contribution in [-0.4, -0.2) is 50.7 Å². The molecule has 9 nitrogen and oxygen atoms in total. The molecule has 0 saturated heterocycles. The first-order valence-electron chi connectivity index (χ1n) is 21.3. The fraction of sp³-hybridized carbons (Fsp3) is 0.614. The van der Waals surface area contributed by atoms with Gasteiger partial charge in [-0.3, -0.25) is 14.6 Å². The van der Waals surface area contributed by atoms with E-state index in [1.54, 1.807) is 0 Å². The summed E-state index contributed by atoms with van der Waals surface area (Å²) in [5, 5.41) is 5.71. The van der Waals surface area contributed by atoms with Gasteiger partial charge in [-0.15, -0.1) is 0 Å². The Kier molecular flexibility index (Phi) is 19.7. The van der Waals surface area contributed by atoms with Crippen molar-refractivity contribution in [2.75, 3.05) is 42.4 Å². The lowest BCUT2D eigenvalue weighted by atomic mass is 10.0. The minimum atomic E-state index is -2.55. The Balaban J connectivity index is 1.27. The van der Waals surface area contributed by atoms with Crippen molar-refractivity contribution in [2.45, 2.75) is 142 Å². The summed E-state index contributed by atoms with van der Waals surface area (Å²) in [6.45, 7) is 6.30. The summed E-state index contributed by atoms with van der Waals surface area (Å²) >= 11 is 0. The molecule has 4 rings (SSSR count). The summed E-state index contributed by atoms with van der Waals surface area (Å²) in [6, 6.07) is 22.4. The largest absolute Gasteiger partial charge is 0.465 e. The van der Waals surface area contributed by atoms with Gasteiger partial charge in [0.15, 0.2) is 5.82 Å². The first-order valence-corrected chi connectivity index (χ1v) is 23.4. The molecule has 1 unspecified atom stereocenters. The molecule has 0 radical (unpaired) electrons. The lowest BCUT2D eigenvalue weighted by Gasteiger charge is -2.33. The zero-order chi connectivity index (χ0) is 38.3. The number of aromatic amines is 1. The van der Waals surface area contributed by atoms with Gasteiger partial charge in [0, 0.05) is 25.5 Å². The smallest absolute Gasteiger partial charge is 0.305 e. The molecule has 0 aliphatic carbocycles. The van der Waals surface area contributed by atoms with Crippen LogP contribution in [0.2, 0.25) is 6.04 Å². The molecule has 2 aromatic carbocycles. The molecule has 1 aliphatic heterocycles. The number of hydrogen-bond acceptors (Lipinski definition) is 8. The van der Waals surface area contributed by atoms with Crippen molar-refractivity contribution >= 4 is 42.1 Å². The molecule has 10 heteroatoms. The molecule has 1 aromatic heterocycles. The van der Waals surface area contributed by atoms with E-state index < -0.39 is 8.32 Å². The maximum atomic E-state index is 13.0. The highest BCUT2D eigenvalue weighted by Gasteiger charge is 2.39. The van der Waals surface area contributed by atoms with Crippen LogP contribution in [0.5, 0.6) is 0 Å². The summed E-state index contributed by atoms with van der Waals surface area (Å²) in [5.41, 5.74) is 6.06. The van der Waals surface area contributed by atoms with Gasteiger partial charge in [0.05, 0.1) is 13.3 Å². The third-order valence-corrected chi connectivity index (χ3v) is 15.1. The molecule has 0 fully saturated rings. The standard InChI is InChI=1S/C44H69N5O4Si/c1-3-5-7-8-9-10-11-12-13-14-15-16-17-18-25-30-40(50)52-35-37(34-49-36-46-41-42(49)47-44(45)48-43(41)51)31-32-53-54(33-6-4-2,38-26-21-19-22-27-38)39-28-23-20-24-29-39/h19-24,26-29,37,46H,3-18,25,30-36H2,1-2H3,(H3,45,47,48,51). The van der Waals surface area contributed by atoms with E-state index in [2.05, 4.69) is 89.8 Å². The Hall–Kier alpha value is -3.63. The summed E-state index contributed by atoms with van der Waals surface area (Å²) < 4.78 is 13.1. The number of hydrogen-bond donors (Lipinski definition) is 3. The first kappa shape index (κ1) is 43.1. The predicted molar refractivity (Wildman–Crippen MR) is 227 cm³/mol. The maximum absolute atomic E-state index is 13.0. The maximum Gasteiger partial charge on any atom is 0.305 e. The Bertz CT molecular complexity index is 1480. The van der Waals surface area contributed by atoms with Gasteiger partial charge in [0.2, 0.25) is 5.95 Å². The van der Waals surface area contributed by atoms with Crippen LogP contribution < -0.4 is 31.9 Å². The third kappa shape index (κ3) is 14.2. The number of fused-ring (bicyclic) bond motifs is 1. The number of nitrogens with two attached hydrogens (primary N) is 1. The zero-order valence-corrected chi connectivity index (χ0v) is 34.4. The van der Waals surface area contributed by atoms with E-state index in [4.69, 9.17) is 14.9 Å². The van der Waals surface area contributed by atoms with Crippen LogP contribution in [0.3, 0.4) is 0 Å². The fourth-order valence-electron chi connectivity index (χ4n) is 7.66. The van der Waals surface area contributed by atoms with Crippen LogP contribution in [-0.2, 0) is 14.0 Å².